The van der Waals surface area contributed by atoms with Crippen molar-refractivity contribution >= 4 is 44.2 Å². The van der Waals surface area contributed by atoms with E-state index in [1.807, 2.05) is 52.1 Å². The normalized spacial score (nSPS) is 13.6. The summed E-state index contributed by atoms with van der Waals surface area (Å²) in [7, 11) is 0. The fourth-order valence-corrected chi connectivity index (χ4v) is 4.81. The van der Waals surface area contributed by atoms with E-state index in [9.17, 15) is 9.59 Å². The molecule has 0 saturated carbocycles. The Morgan fingerprint density at radius 2 is 2.03 bits per heavy atom. The summed E-state index contributed by atoms with van der Waals surface area (Å²) in [6, 6.07) is 13.6. The average Bonchev–Trinajstić information content (AvgIpc) is 3.58. The zero-order valence-electron chi connectivity index (χ0n) is 18.0. The molecular formula is C24H24N6O2S. The first-order valence-electron chi connectivity index (χ1n) is 11.0. The summed E-state index contributed by atoms with van der Waals surface area (Å²) in [5.41, 5.74) is 3.43. The van der Waals surface area contributed by atoms with E-state index in [1.54, 1.807) is 18.6 Å². The van der Waals surface area contributed by atoms with Crippen LogP contribution in [0.3, 0.4) is 0 Å². The van der Waals surface area contributed by atoms with E-state index in [-0.39, 0.29) is 11.8 Å². The molecule has 9 heteroatoms. The summed E-state index contributed by atoms with van der Waals surface area (Å²) in [5, 5.41) is 7.06. The summed E-state index contributed by atoms with van der Waals surface area (Å²) < 4.78 is 2.89. The highest BCUT2D eigenvalue weighted by atomic mass is 32.1. The number of carbonyl (C=O) groups excluding carboxylic acids is 2. The van der Waals surface area contributed by atoms with E-state index in [1.165, 1.54) is 11.3 Å². The molecule has 2 N–H and O–H groups in total. The third kappa shape index (κ3) is 4.88. The van der Waals surface area contributed by atoms with E-state index in [4.69, 9.17) is 0 Å². The quantitative estimate of drug-likeness (QED) is 0.388. The Hall–Kier alpha value is -3.72. The topological polar surface area (TPSA) is 92.1 Å². The van der Waals surface area contributed by atoms with Gasteiger partial charge in [0.1, 0.15) is 0 Å². The number of carbonyl (C=O) groups is 2. The van der Waals surface area contributed by atoms with Crippen LogP contribution in [0.5, 0.6) is 0 Å². The van der Waals surface area contributed by atoms with Gasteiger partial charge in [0.25, 0.3) is 5.91 Å². The van der Waals surface area contributed by atoms with Crippen molar-refractivity contribution < 1.29 is 9.59 Å². The SMILES string of the molecule is O=C(NCCCN1CCCC1=O)c1ccc2nc(Nc3ccc(-n4ccnc4)cc3)sc2c1. The van der Waals surface area contributed by atoms with Crippen LogP contribution in [-0.2, 0) is 4.79 Å². The molecule has 0 atom stereocenters. The number of aromatic nitrogens is 3. The minimum absolute atomic E-state index is 0.109. The highest BCUT2D eigenvalue weighted by Gasteiger charge is 2.19. The average molecular weight is 461 g/mol. The summed E-state index contributed by atoms with van der Waals surface area (Å²) in [6.45, 7) is 2.08. The molecule has 0 spiro atoms. The number of nitrogens with zero attached hydrogens (tertiary/aromatic N) is 4. The molecule has 1 fully saturated rings. The molecule has 1 saturated heterocycles. The van der Waals surface area contributed by atoms with Gasteiger partial charge in [-0.05, 0) is 55.3 Å². The fourth-order valence-electron chi connectivity index (χ4n) is 3.89. The van der Waals surface area contributed by atoms with Crippen molar-refractivity contribution in [3.05, 3.63) is 66.7 Å². The predicted octanol–water partition coefficient (Wildman–Crippen LogP) is 3.97. The smallest absolute Gasteiger partial charge is 0.251 e. The first kappa shape index (κ1) is 21.1. The molecule has 2 amide bonds. The van der Waals surface area contributed by atoms with E-state index in [0.717, 1.165) is 46.1 Å². The van der Waals surface area contributed by atoms with Crippen LogP contribution >= 0.6 is 11.3 Å². The predicted molar refractivity (Wildman–Crippen MR) is 129 cm³/mol. The van der Waals surface area contributed by atoms with E-state index >= 15 is 0 Å². The third-order valence-corrected chi connectivity index (χ3v) is 6.57. The number of rotatable bonds is 8. The molecule has 0 aliphatic carbocycles. The van der Waals surface area contributed by atoms with Crippen LogP contribution in [0.15, 0.2) is 61.2 Å². The second-order valence-electron chi connectivity index (χ2n) is 7.94. The summed E-state index contributed by atoms with van der Waals surface area (Å²) in [4.78, 5) is 34.8. The molecule has 8 nitrogen and oxygen atoms in total. The number of hydrogen-bond acceptors (Lipinski definition) is 6. The molecule has 1 aliphatic heterocycles. The van der Waals surface area contributed by atoms with Crippen molar-refractivity contribution in [1.29, 1.82) is 0 Å². The molecule has 4 aromatic rings. The van der Waals surface area contributed by atoms with Crippen molar-refractivity contribution in [3.63, 3.8) is 0 Å². The van der Waals surface area contributed by atoms with Gasteiger partial charge in [-0.3, -0.25) is 9.59 Å². The maximum absolute atomic E-state index is 12.5. The van der Waals surface area contributed by atoms with Crippen LogP contribution < -0.4 is 10.6 Å². The van der Waals surface area contributed by atoms with Crippen LogP contribution in [0, 0.1) is 0 Å². The van der Waals surface area contributed by atoms with Gasteiger partial charge in [0.05, 0.1) is 16.5 Å². The standard InChI is InChI=1S/C24H24N6O2S/c31-22-3-1-12-29(22)13-2-10-26-23(32)17-4-9-20-21(15-17)33-24(28-20)27-18-5-7-19(8-6-18)30-14-11-25-16-30/h4-9,11,14-16H,1-3,10,12-13H2,(H,26,32)(H,27,28). The lowest BCUT2D eigenvalue weighted by atomic mass is 10.2. The van der Waals surface area contributed by atoms with E-state index in [2.05, 4.69) is 20.6 Å². The van der Waals surface area contributed by atoms with Gasteiger partial charge in [-0.1, -0.05) is 11.3 Å². The Bertz CT molecular complexity index is 1270. The third-order valence-electron chi connectivity index (χ3n) is 5.63. The van der Waals surface area contributed by atoms with Crippen molar-refractivity contribution in [2.45, 2.75) is 19.3 Å². The molecule has 1 aliphatic rings. The number of likely N-dealkylation sites (tertiary alicyclic amines) is 1. The van der Waals surface area contributed by atoms with Gasteiger partial charge in [0, 0.05) is 55.4 Å². The Balaban J connectivity index is 1.18. The lowest BCUT2D eigenvalue weighted by Gasteiger charge is -2.15. The molecule has 5 rings (SSSR count). The Morgan fingerprint density at radius 3 is 2.79 bits per heavy atom. The molecule has 0 radical (unpaired) electrons. The van der Waals surface area contributed by atoms with Crippen LogP contribution in [0.2, 0.25) is 0 Å². The van der Waals surface area contributed by atoms with Gasteiger partial charge >= 0.3 is 0 Å². The van der Waals surface area contributed by atoms with Gasteiger partial charge in [-0.15, -0.1) is 0 Å². The van der Waals surface area contributed by atoms with Crippen LogP contribution in [0.4, 0.5) is 10.8 Å². The van der Waals surface area contributed by atoms with Gasteiger partial charge in [0.2, 0.25) is 5.91 Å². The molecular weight excluding hydrogens is 436 g/mol. The zero-order valence-corrected chi connectivity index (χ0v) is 18.8. The zero-order chi connectivity index (χ0) is 22.6. The molecule has 33 heavy (non-hydrogen) atoms. The number of imidazole rings is 1. The molecule has 3 heterocycles. The van der Waals surface area contributed by atoms with Crippen molar-refractivity contribution in [2.24, 2.45) is 0 Å². The Kier molecular flexibility index (Phi) is 6.03. The lowest BCUT2D eigenvalue weighted by Crippen LogP contribution is -2.30. The molecule has 2 aromatic heterocycles. The molecule has 0 unspecified atom stereocenters. The second-order valence-corrected chi connectivity index (χ2v) is 8.97. The number of fused-ring (bicyclic) bond motifs is 1. The summed E-state index contributed by atoms with van der Waals surface area (Å²) >= 11 is 1.51. The lowest BCUT2D eigenvalue weighted by molar-refractivity contribution is -0.127. The fraction of sp³-hybridized carbons (Fsp3) is 0.250. The number of benzene rings is 2. The van der Waals surface area contributed by atoms with Crippen molar-refractivity contribution in [2.75, 3.05) is 25.0 Å². The second kappa shape index (κ2) is 9.41. The van der Waals surface area contributed by atoms with Crippen LogP contribution in [0.1, 0.15) is 29.6 Å². The van der Waals surface area contributed by atoms with Gasteiger partial charge in [-0.25, -0.2) is 9.97 Å². The summed E-state index contributed by atoms with van der Waals surface area (Å²) in [6.07, 6.45) is 7.76. The number of hydrogen-bond donors (Lipinski definition) is 2. The Labute approximate surface area is 195 Å². The largest absolute Gasteiger partial charge is 0.352 e. The minimum atomic E-state index is -0.109. The van der Waals surface area contributed by atoms with Crippen molar-refractivity contribution in [3.8, 4) is 5.69 Å². The minimum Gasteiger partial charge on any atom is -0.352 e. The van der Waals surface area contributed by atoms with Gasteiger partial charge in [0.15, 0.2) is 5.13 Å². The highest BCUT2D eigenvalue weighted by Crippen LogP contribution is 2.29. The Morgan fingerprint density at radius 1 is 1.15 bits per heavy atom. The first-order valence-corrected chi connectivity index (χ1v) is 11.8. The van der Waals surface area contributed by atoms with Gasteiger partial charge in [-0.2, -0.15) is 0 Å². The van der Waals surface area contributed by atoms with Crippen molar-refractivity contribution in [1.82, 2.24) is 24.8 Å². The number of thiazole rings is 1. The molecule has 2 aromatic carbocycles. The highest BCUT2D eigenvalue weighted by molar-refractivity contribution is 7.22. The van der Waals surface area contributed by atoms with E-state index < -0.39 is 0 Å². The van der Waals surface area contributed by atoms with E-state index in [0.29, 0.717) is 25.1 Å². The van der Waals surface area contributed by atoms with Crippen LogP contribution in [-0.4, -0.2) is 50.9 Å². The number of anilines is 2. The maximum atomic E-state index is 12.5. The molecule has 0 bridgehead atoms. The molecule has 168 valence electrons. The first-order chi connectivity index (χ1) is 16.2. The monoisotopic (exact) mass is 460 g/mol. The maximum Gasteiger partial charge on any atom is 0.251 e. The number of nitrogens with one attached hydrogen (secondary N) is 2. The van der Waals surface area contributed by atoms with Gasteiger partial charge < -0.3 is 20.1 Å². The van der Waals surface area contributed by atoms with Crippen LogP contribution in [0.25, 0.3) is 15.9 Å². The number of amides is 2. The summed E-state index contributed by atoms with van der Waals surface area (Å²) in [5.74, 6) is 0.109.